The Hall–Kier alpha value is -3.74. The Morgan fingerprint density at radius 3 is 2.23 bits per heavy atom. The Labute approximate surface area is 276 Å². The molecule has 0 bridgehead atoms. The number of nitrogens with two attached hydrogens (primary N) is 1. The standard InChI is InChI=1S/C35H46F2N4O5S/c1-4-9-30(10-5-2)47(44,45)23-32(41-34(42)27-13-8-14-39-21-27)35(43)46-33(22-40-20-25-12-7-11-24(6-3)15-25)31(38)18-26-16-28(36)19-29(37)17-26/h7-8,11-17,19,21,30-33,40H,4-6,9-10,18,20,22-23,38H2,1-3H3,(H,41,42)/t31-,32?,33+/m0/s1. The van der Waals surface area contributed by atoms with Crippen LogP contribution in [0.4, 0.5) is 8.78 Å². The van der Waals surface area contributed by atoms with Gasteiger partial charge in [-0.25, -0.2) is 22.0 Å². The number of nitrogens with zero attached hydrogens (tertiary/aromatic N) is 1. The molecule has 0 spiro atoms. The predicted molar refractivity (Wildman–Crippen MR) is 178 cm³/mol. The van der Waals surface area contributed by atoms with Gasteiger partial charge in [0.1, 0.15) is 23.8 Å². The number of esters is 1. The summed E-state index contributed by atoms with van der Waals surface area (Å²) in [4.78, 5) is 30.8. The first-order chi connectivity index (χ1) is 22.4. The maximum absolute atomic E-state index is 14.0. The van der Waals surface area contributed by atoms with Crippen LogP contribution < -0.4 is 16.4 Å². The Balaban J connectivity index is 1.88. The number of amides is 1. The van der Waals surface area contributed by atoms with E-state index in [0.29, 0.717) is 32.2 Å². The molecule has 256 valence electrons. The minimum absolute atomic E-state index is 0.0420. The Morgan fingerprint density at radius 2 is 1.62 bits per heavy atom. The first-order valence-electron chi connectivity index (χ1n) is 16.1. The van der Waals surface area contributed by atoms with Crippen molar-refractivity contribution >= 4 is 21.7 Å². The lowest BCUT2D eigenvalue weighted by Gasteiger charge is -2.28. The molecular weight excluding hydrogens is 626 g/mol. The van der Waals surface area contributed by atoms with Crippen molar-refractivity contribution < 1.29 is 31.5 Å². The van der Waals surface area contributed by atoms with Gasteiger partial charge in [0, 0.05) is 37.6 Å². The SMILES string of the molecule is CCCC(CCC)S(=O)(=O)CC(NC(=O)c1cccnc1)C(=O)O[C@H](CNCc1cccc(CC)c1)[C@@H](N)Cc1cc(F)cc(F)c1. The molecule has 0 aliphatic rings. The third kappa shape index (κ3) is 12.1. The topological polar surface area (TPSA) is 140 Å². The molecule has 12 heteroatoms. The van der Waals surface area contributed by atoms with Gasteiger partial charge in [0.25, 0.3) is 5.91 Å². The summed E-state index contributed by atoms with van der Waals surface area (Å²) in [7, 11) is -3.85. The lowest BCUT2D eigenvalue weighted by Crippen LogP contribution is -2.52. The summed E-state index contributed by atoms with van der Waals surface area (Å²) in [6.07, 6.45) is 4.63. The lowest BCUT2D eigenvalue weighted by atomic mass is 10.0. The normalized spacial score (nSPS) is 13.6. The molecule has 1 aromatic heterocycles. The number of ether oxygens (including phenoxy) is 1. The molecule has 0 saturated carbocycles. The third-order valence-corrected chi connectivity index (χ3v) is 10.1. The zero-order chi connectivity index (χ0) is 34.4. The molecule has 3 aromatic rings. The number of carbonyl (C=O) groups is 2. The molecule has 0 radical (unpaired) electrons. The van der Waals surface area contributed by atoms with Crippen LogP contribution in [0.25, 0.3) is 0 Å². The fraction of sp³-hybridized carbons (Fsp3) is 0.457. The van der Waals surface area contributed by atoms with Gasteiger partial charge in [-0.2, -0.15) is 0 Å². The third-order valence-electron chi connectivity index (χ3n) is 7.85. The highest BCUT2D eigenvalue weighted by atomic mass is 32.2. The maximum Gasteiger partial charge on any atom is 0.330 e. The number of sulfone groups is 1. The van der Waals surface area contributed by atoms with Gasteiger partial charge in [-0.1, -0.05) is 57.9 Å². The van der Waals surface area contributed by atoms with Crippen LogP contribution in [0.15, 0.2) is 67.0 Å². The zero-order valence-electron chi connectivity index (χ0n) is 27.3. The van der Waals surface area contributed by atoms with E-state index < -0.39 is 62.5 Å². The van der Waals surface area contributed by atoms with Crippen molar-refractivity contribution in [3.63, 3.8) is 0 Å². The number of aryl methyl sites for hydroxylation is 1. The van der Waals surface area contributed by atoms with Gasteiger partial charge in [-0.15, -0.1) is 0 Å². The van der Waals surface area contributed by atoms with Gasteiger partial charge < -0.3 is 21.1 Å². The van der Waals surface area contributed by atoms with E-state index in [9.17, 15) is 26.8 Å². The largest absolute Gasteiger partial charge is 0.458 e. The van der Waals surface area contributed by atoms with Crippen LogP contribution in [0.5, 0.6) is 0 Å². The second-order valence-corrected chi connectivity index (χ2v) is 14.0. The molecule has 1 unspecified atom stereocenters. The summed E-state index contributed by atoms with van der Waals surface area (Å²) in [5.41, 5.74) is 9.03. The van der Waals surface area contributed by atoms with Crippen LogP contribution in [0, 0.1) is 11.6 Å². The molecule has 1 heterocycles. The number of aromatic nitrogens is 1. The monoisotopic (exact) mass is 672 g/mol. The number of hydrogen-bond donors (Lipinski definition) is 3. The smallest absolute Gasteiger partial charge is 0.330 e. The maximum atomic E-state index is 14.0. The number of nitrogens with one attached hydrogen (secondary N) is 2. The van der Waals surface area contributed by atoms with Crippen molar-refractivity contribution in [1.82, 2.24) is 15.6 Å². The van der Waals surface area contributed by atoms with Gasteiger partial charge >= 0.3 is 5.97 Å². The fourth-order valence-electron chi connectivity index (χ4n) is 5.39. The zero-order valence-corrected chi connectivity index (χ0v) is 28.1. The number of benzene rings is 2. The van der Waals surface area contributed by atoms with Crippen LogP contribution in [0.2, 0.25) is 0 Å². The minimum Gasteiger partial charge on any atom is -0.458 e. The van der Waals surface area contributed by atoms with Crippen molar-refractivity contribution in [2.24, 2.45) is 5.73 Å². The summed E-state index contributed by atoms with van der Waals surface area (Å²) in [6.45, 7) is 6.28. The molecule has 3 atom stereocenters. The molecule has 4 N–H and O–H groups in total. The summed E-state index contributed by atoms with van der Waals surface area (Å²) in [5.74, 6) is -3.89. The number of carbonyl (C=O) groups excluding carboxylic acids is 2. The van der Waals surface area contributed by atoms with Crippen LogP contribution >= 0.6 is 0 Å². The molecule has 0 aliphatic carbocycles. The molecular formula is C35H46F2N4O5S. The fourth-order valence-corrected chi connectivity index (χ4v) is 7.53. The molecule has 47 heavy (non-hydrogen) atoms. The van der Waals surface area contributed by atoms with E-state index in [1.807, 2.05) is 45.0 Å². The second-order valence-electron chi connectivity index (χ2n) is 11.7. The van der Waals surface area contributed by atoms with Gasteiger partial charge in [-0.3, -0.25) is 9.78 Å². The highest BCUT2D eigenvalue weighted by molar-refractivity contribution is 7.92. The molecule has 0 aliphatic heterocycles. The van der Waals surface area contributed by atoms with E-state index in [-0.39, 0.29) is 24.1 Å². The molecule has 1 amide bonds. The van der Waals surface area contributed by atoms with Crippen molar-refractivity contribution in [2.45, 2.75) is 89.3 Å². The molecule has 0 saturated heterocycles. The highest BCUT2D eigenvalue weighted by Crippen LogP contribution is 2.19. The first kappa shape index (κ1) is 37.7. The Morgan fingerprint density at radius 1 is 0.936 bits per heavy atom. The van der Waals surface area contributed by atoms with Gasteiger partial charge in [-0.05, 0) is 66.6 Å². The van der Waals surface area contributed by atoms with Crippen molar-refractivity contribution in [3.8, 4) is 0 Å². The number of rotatable bonds is 19. The molecule has 0 fully saturated rings. The highest BCUT2D eigenvalue weighted by Gasteiger charge is 2.35. The summed E-state index contributed by atoms with van der Waals surface area (Å²) < 4.78 is 60.9. The van der Waals surface area contributed by atoms with Crippen LogP contribution in [0.1, 0.15) is 73.5 Å². The van der Waals surface area contributed by atoms with E-state index in [0.717, 1.165) is 35.7 Å². The van der Waals surface area contributed by atoms with Crippen molar-refractivity contribution in [1.29, 1.82) is 0 Å². The first-order valence-corrected chi connectivity index (χ1v) is 17.8. The predicted octanol–water partition coefficient (Wildman–Crippen LogP) is 4.68. The Bertz CT molecular complexity index is 1530. The number of pyridine rings is 1. The quantitative estimate of drug-likeness (QED) is 0.156. The molecule has 9 nitrogen and oxygen atoms in total. The van der Waals surface area contributed by atoms with Gasteiger partial charge in [0.05, 0.1) is 16.6 Å². The van der Waals surface area contributed by atoms with Crippen molar-refractivity contribution in [2.75, 3.05) is 12.3 Å². The van der Waals surface area contributed by atoms with Crippen LogP contribution in [-0.2, 0) is 38.8 Å². The minimum atomic E-state index is -3.85. The van der Waals surface area contributed by atoms with E-state index in [1.54, 1.807) is 6.07 Å². The number of halogens is 2. The summed E-state index contributed by atoms with van der Waals surface area (Å²) >= 11 is 0. The Kier molecular flexibility index (Phi) is 14.9. The molecule has 2 aromatic carbocycles. The summed E-state index contributed by atoms with van der Waals surface area (Å²) in [5, 5.41) is 5.08. The van der Waals surface area contributed by atoms with Gasteiger partial charge in [0.2, 0.25) is 0 Å². The number of hydrogen-bond acceptors (Lipinski definition) is 8. The van der Waals surface area contributed by atoms with Crippen molar-refractivity contribution in [3.05, 3.63) is 101 Å². The average molecular weight is 673 g/mol. The second kappa shape index (κ2) is 18.6. The average Bonchev–Trinajstić information content (AvgIpc) is 3.03. The van der Waals surface area contributed by atoms with E-state index in [1.165, 1.54) is 18.5 Å². The van der Waals surface area contributed by atoms with E-state index in [4.69, 9.17) is 10.5 Å². The van der Waals surface area contributed by atoms with Crippen LogP contribution in [0.3, 0.4) is 0 Å². The van der Waals surface area contributed by atoms with E-state index in [2.05, 4.69) is 15.6 Å². The van der Waals surface area contributed by atoms with Crippen LogP contribution in [-0.4, -0.2) is 61.0 Å². The van der Waals surface area contributed by atoms with E-state index >= 15 is 0 Å². The summed E-state index contributed by atoms with van der Waals surface area (Å²) in [6, 6.07) is 11.5. The lowest BCUT2D eigenvalue weighted by molar-refractivity contribution is -0.151. The van der Waals surface area contributed by atoms with Gasteiger partial charge in [0.15, 0.2) is 9.84 Å². The molecule has 3 rings (SSSR count).